The second-order valence-electron chi connectivity index (χ2n) is 7.24. The molecule has 0 aromatic carbocycles. The van der Waals surface area contributed by atoms with Crippen LogP contribution in [0.3, 0.4) is 0 Å². The predicted octanol–water partition coefficient (Wildman–Crippen LogP) is 2.72. The number of anilines is 1. The molecular formula is C18H28N2O4. The maximum atomic E-state index is 10.6. The number of hydrogen-bond acceptors (Lipinski definition) is 5. The third-order valence-electron chi connectivity index (χ3n) is 3.93. The number of aryl methyl sites for hydroxylation is 2. The number of carbonyl (C=O) groups is 1. The largest absolute Gasteiger partial charge is 0.481 e. The summed E-state index contributed by atoms with van der Waals surface area (Å²) in [5.74, 6) is 0.0239. The molecule has 0 fully saturated rings. The Balaban J connectivity index is 2.06. The van der Waals surface area contributed by atoms with Crippen LogP contribution < -0.4 is 4.90 Å². The van der Waals surface area contributed by atoms with E-state index in [0.717, 1.165) is 42.8 Å². The van der Waals surface area contributed by atoms with Crippen molar-refractivity contribution in [2.75, 3.05) is 11.4 Å². The van der Waals surface area contributed by atoms with Gasteiger partial charge in [0.2, 0.25) is 6.41 Å². The number of carboxylic acid groups (broad SMARTS) is 1. The van der Waals surface area contributed by atoms with Gasteiger partial charge < -0.3 is 19.8 Å². The number of aliphatic carboxylic acids is 1. The number of nitrogens with zero attached hydrogens (tertiary/aromatic N) is 2. The number of aliphatic hydroxyl groups is 1. The summed E-state index contributed by atoms with van der Waals surface area (Å²) in [5.41, 5.74) is 1.60. The van der Waals surface area contributed by atoms with Gasteiger partial charge in [0.05, 0.1) is 5.60 Å². The monoisotopic (exact) mass is 336 g/mol. The predicted molar refractivity (Wildman–Crippen MR) is 91.9 cm³/mol. The Labute approximate surface area is 143 Å². The number of rotatable bonds is 7. The molecule has 0 bridgehead atoms. The smallest absolute Gasteiger partial charge is 0.303 e. The van der Waals surface area contributed by atoms with Crippen molar-refractivity contribution in [3.63, 3.8) is 0 Å². The molecular weight excluding hydrogens is 308 g/mol. The summed E-state index contributed by atoms with van der Waals surface area (Å²) in [7, 11) is 0. The topological polar surface area (TPSA) is 82.9 Å². The van der Waals surface area contributed by atoms with Crippen molar-refractivity contribution in [1.82, 2.24) is 4.98 Å². The molecule has 0 radical (unpaired) electrons. The zero-order valence-electron chi connectivity index (χ0n) is 14.8. The molecule has 1 aliphatic rings. The quantitative estimate of drug-likeness (QED) is 0.588. The fourth-order valence-corrected chi connectivity index (χ4v) is 2.82. The molecule has 1 aromatic rings. The normalized spacial score (nSPS) is 15.9. The summed E-state index contributed by atoms with van der Waals surface area (Å²) in [6, 6.07) is 4.06. The van der Waals surface area contributed by atoms with Gasteiger partial charge in [-0.05, 0) is 64.5 Å². The SMILES string of the molecule is CC(C)(C)OC(O)N1CCCc2ccc(CCCCC(=O)O)nc21. The Morgan fingerprint density at radius 1 is 1.38 bits per heavy atom. The van der Waals surface area contributed by atoms with Crippen LogP contribution in [0.5, 0.6) is 0 Å². The van der Waals surface area contributed by atoms with E-state index in [0.29, 0.717) is 13.0 Å². The van der Waals surface area contributed by atoms with E-state index in [-0.39, 0.29) is 6.42 Å². The van der Waals surface area contributed by atoms with Crippen LogP contribution in [0.2, 0.25) is 0 Å². The van der Waals surface area contributed by atoms with Crippen LogP contribution in [-0.4, -0.2) is 39.7 Å². The number of fused-ring (bicyclic) bond motifs is 1. The highest BCUT2D eigenvalue weighted by Gasteiger charge is 2.28. The van der Waals surface area contributed by atoms with Crippen molar-refractivity contribution < 1.29 is 19.7 Å². The number of hydrogen-bond donors (Lipinski definition) is 2. The standard InChI is InChI=1S/C18H28N2O4/c1-18(2,3)24-17(23)20-12-6-7-13-10-11-14(19-16(13)20)8-4-5-9-15(21)22/h10-11,17,23H,4-9,12H2,1-3H3,(H,21,22). The summed E-state index contributed by atoms with van der Waals surface area (Å²) < 4.78 is 5.67. The summed E-state index contributed by atoms with van der Waals surface area (Å²) >= 11 is 0. The van der Waals surface area contributed by atoms with E-state index >= 15 is 0 Å². The van der Waals surface area contributed by atoms with E-state index in [1.807, 2.05) is 31.7 Å². The van der Waals surface area contributed by atoms with Crippen LogP contribution in [0.15, 0.2) is 12.1 Å². The van der Waals surface area contributed by atoms with Gasteiger partial charge in [0.1, 0.15) is 5.82 Å². The molecule has 1 aliphatic heterocycles. The molecule has 0 saturated heterocycles. The van der Waals surface area contributed by atoms with Crippen LogP contribution in [0.1, 0.15) is 57.7 Å². The maximum Gasteiger partial charge on any atom is 0.303 e. The van der Waals surface area contributed by atoms with Gasteiger partial charge in [-0.3, -0.25) is 4.79 Å². The van der Waals surface area contributed by atoms with E-state index < -0.39 is 18.0 Å². The Morgan fingerprint density at radius 3 is 2.79 bits per heavy atom. The van der Waals surface area contributed by atoms with Crippen molar-refractivity contribution in [2.24, 2.45) is 0 Å². The molecule has 0 saturated carbocycles. The first-order valence-corrected chi connectivity index (χ1v) is 8.59. The lowest BCUT2D eigenvalue weighted by atomic mass is 10.0. The number of aromatic nitrogens is 1. The molecule has 1 atom stereocenters. The first kappa shape index (κ1) is 18.7. The number of ether oxygens (including phenoxy) is 1. The van der Waals surface area contributed by atoms with E-state index in [2.05, 4.69) is 6.07 Å². The van der Waals surface area contributed by atoms with Crippen LogP contribution in [0.4, 0.5) is 5.82 Å². The Kier molecular flexibility index (Phi) is 6.18. The minimum Gasteiger partial charge on any atom is -0.481 e. The fourth-order valence-electron chi connectivity index (χ4n) is 2.82. The highest BCUT2D eigenvalue weighted by atomic mass is 16.6. The molecule has 2 rings (SSSR count). The van der Waals surface area contributed by atoms with E-state index in [1.165, 1.54) is 0 Å². The van der Waals surface area contributed by atoms with Crippen LogP contribution in [0.25, 0.3) is 0 Å². The molecule has 1 unspecified atom stereocenters. The summed E-state index contributed by atoms with van der Waals surface area (Å²) in [4.78, 5) is 17.1. The van der Waals surface area contributed by atoms with E-state index in [4.69, 9.17) is 14.8 Å². The molecule has 134 valence electrons. The van der Waals surface area contributed by atoms with Gasteiger partial charge in [-0.25, -0.2) is 4.98 Å². The van der Waals surface area contributed by atoms with Crippen LogP contribution >= 0.6 is 0 Å². The second kappa shape index (κ2) is 7.94. The lowest BCUT2D eigenvalue weighted by Crippen LogP contribution is -2.45. The fraction of sp³-hybridized carbons (Fsp3) is 0.667. The van der Waals surface area contributed by atoms with Crippen molar-refractivity contribution in [3.05, 3.63) is 23.4 Å². The molecule has 0 spiro atoms. The highest BCUT2D eigenvalue weighted by Crippen LogP contribution is 2.28. The van der Waals surface area contributed by atoms with Crippen molar-refractivity contribution in [1.29, 1.82) is 0 Å². The van der Waals surface area contributed by atoms with Gasteiger partial charge in [0.25, 0.3) is 0 Å². The Morgan fingerprint density at radius 2 is 2.12 bits per heavy atom. The van der Waals surface area contributed by atoms with E-state index in [9.17, 15) is 9.90 Å². The minimum atomic E-state index is -1.01. The average molecular weight is 336 g/mol. The number of aliphatic hydroxyl groups excluding tert-OH is 1. The Bertz CT molecular complexity index is 569. The zero-order valence-corrected chi connectivity index (χ0v) is 14.8. The lowest BCUT2D eigenvalue weighted by Gasteiger charge is -2.36. The summed E-state index contributed by atoms with van der Waals surface area (Å²) in [6.45, 7) is 6.44. The second-order valence-corrected chi connectivity index (χ2v) is 7.24. The van der Waals surface area contributed by atoms with Gasteiger partial charge in [-0.2, -0.15) is 0 Å². The number of unbranched alkanes of at least 4 members (excludes halogenated alkanes) is 1. The third kappa shape index (κ3) is 5.46. The molecule has 2 N–H and O–H groups in total. The lowest BCUT2D eigenvalue weighted by molar-refractivity contribution is -0.165. The molecule has 0 amide bonds. The minimum absolute atomic E-state index is 0.190. The van der Waals surface area contributed by atoms with Crippen molar-refractivity contribution in [2.45, 2.75) is 71.3 Å². The molecule has 6 nitrogen and oxygen atoms in total. The molecule has 24 heavy (non-hydrogen) atoms. The molecule has 1 aromatic heterocycles. The maximum absolute atomic E-state index is 10.6. The summed E-state index contributed by atoms with van der Waals surface area (Å²) in [5, 5.41) is 19.1. The molecule has 6 heteroatoms. The van der Waals surface area contributed by atoms with Gasteiger partial charge in [0.15, 0.2) is 0 Å². The summed E-state index contributed by atoms with van der Waals surface area (Å²) in [6.07, 6.45) is 3.25. The first-order valence-electron chi connectivity index (χ1n) is 8.59. The van der Waals surface area contributed by atoms with Crippen molar-refractivity contribution in [3.8, 4) is 0 Å². The van der Waals surface area contributed by atoms with Gasteiger partial charge in [-0.1, -0.05) is 6.07 Å². The van der Waals surface area contributed by atoms with Gasteiger partial charge >= 0.3 is 5.97 Å². The number of carboxylic acids is 1. The van der Waals surface area contributed by atoms with Crippen LogP contribution in [-0.2, 0) is 22.4 Å². The van der Waals surface area contributed by atoms with Gasteiger partial charge in [0, 0.05) is 18.7 Å². The van der Waals surface area contributed by atoms with E-state index in [1.54, 1.807) is 0 Å². The third-order valence-corrected chi connectivity index (χ3v) is 3.93. The Hall–Kier alpha value is -1.66. The van der Waals surface area contributed by atoms with Crippen molar-refractivity contribution >= 4 is 11.8 Å². The molecule has 2 heterocycles. The highest BCUT2D eigenvalue weighted by molar-refractivity contribution is 5.66. The average Bonchev–Trinajstić information content (AvgIpc) is 2.49. The first-order chi connectivity index (χ1) is 11.3. The number of pyridine rings is 1. The van der Waals surface area contributed by atoms with Gasteiger partial charge in [-0.15, -0.1) is 0 Å². The van der Waals surface area contributed by atoms with Crippen LogP contribution in [0, 0.1) is 0 Å². The molecule has 0 aliphatic carbocycles. The zero-order chi connectivity index (χ0) is 17.7.